The van der Waals surface area contributed by atoms with Crippen molar-refractivity contribution in [3.63, 3.8) is 0 Å². The van der Waals surface area contributed by atoms with Crippen molar-refractivity contribution in [2.24, 2.45) is 0 Å². The van der Waals surface area contributed by atoms with Gasteiger partial charge in [-0.15, -0.1) is 0 Å². The molecule has 0 spiro atoms. The molecule has 1 aliphatic heterocycles. The Morgan fingerprint density at radius 3 is 2.59 bits per heavy atom. The predicted octanol–water partition coefficient (Wildman–Crippen LogP) is 3.11. The lowest BCUT2D eigenvalue weighted by atomic mass is 9.87. The van der Waals surface area contributed by atoms with Crippen LogP contribution >= 0.6 is 0 Å². The Morgan fingerprint density at radius 2 is 1.95 bits per heavy atom. The van der Waals surface area contributed by atoms with Crippen molar-refractivity contribution in [2.45, 2.75) is 32.4 Å². The SMILES string of the molecule is COc1ccc(Cc2cc(C)c3c(c2)CNC3(C)C=O)cc1. The molecular weight excluding hydrogens is 274 g/mol. The number of aldehydes is 1. The van der Waals surface area contributed by atoms with E-state index in [4.69, 9.17) is 4.74 Å². The van der Waals surface area contributed by atoms with Crippen molar-refractivity contribution in [2.75, 3.05) is 7.11 Å². The first-order valence-electron chi connectivity index (χ1n) is 7.53. The minimum atomic E-state index is -0.544. The quantitative estimate of drug-likeness (QED) is 0.881. The Morgan fingerprint density at radius 1 is 1.23 bits per heavy atom. The zero-order chi connectivity index (χ0) is 15.7. The molecule has 2 aromatic carbocycles. The zero-order valence-electron chi connectivity index (χ0n) is 13.3. The minimum absolute atomic E-state index is 0.544. The molecule has 114 valence electrons. The standard InChI is InChI=1S/C19H21NO2/c1-13-8-15(9-14-4-6-17(22-3)7-5-14)10-16-11-20-19(2,12-21)18(13)16/h4-8,10,12,20H,9,11H2,1-3H3. The molecule has 1 N–H and O–H groups in total. The van der Waals surface area contributed by atoms with Crippen LogP contribution in [0.1, 0.15) is 34.7 Å². The number of hydrogen-bond acceptors (Lipinski definition) is 3. The van der Waals surface area contributed by atoms with E-state index >= 15 is 0 Å². The highest BCUT2D eigenvalue weighted by Gasteiger charge is 2.35. The van der Waals surface area contributed by atoms with Crippen LogP contribution in [0.3, 0.4) is 0 Å². The van der Waals surface area contributed by atoms with Gasteiger partial charge in [0.1, 0.15) is 12.0 Å². The van der Waals surface area contributed by atoms with E-state index < -0.39 is 5.54 Å². The van der Waals surface area contributed by atoms with E-state index in [-0.39, 0.29) is 0 Å². The highest BCUT2D eigenvalue weighted by atomic mass is 16.5. The number of nitrogens with one attached hydrogen (secondary N) is 1. The van der Waals surface area contributed by atoms with Crippen LogP contribution in [-0.2, 0) is 23.3 Å². The lowest BCUT2D eigenvalue weighted by Gasteiger charge is -2.20. The largest absolute Gasteiger partial charge is 0.497 e. The summed E-state index contributed by atoms with van der Waals surface area (Å²) in [5.74, 6) is 0.875. The van der Waals surface area contributed by atoms with Crippen LogP contribution in [-0.4, -0.2) is 13.4 Å². The molecule has 3 nitrogen and oxygen atoms in total. The number of fused-ring (bicyclic) bond motifs is 1. The maximum atomic E-state index is 11.4. The molecule has 0 radical (unpaired) electrons. The lowest BCUT2D eigenvalue weighted by molar-refractivity contribution is -0.112. The van der Waals surface area contributed by atoms with Gasteiger partial charge < -0.3 is 9.53 Å². The second kappa shape index (κ2) is 5.58. The summed E-state index contributed by atoms with van der Waals surface area (Å²) in [6, 6.07) is 12.6. The van der Waals surface area contributed by atoms with Crippen LogP contribution in [0.15, 0.2) is 36.4 Å². The Bertz CT molecular complexity index is 706. The van der Waals surface area contributed by atoms with Crippen LogP contribution in [0.5, 0.6) is 5.75 Å². The van der Waals surface area contributed by atoms with Gasteiger partial charge in [0.15, 0.2) is 0 Å². The van der Waals surface area contributed by atoms with E-state index in [2.05, 4.69) is 36.5 Å². The van der Waals surface area contributed by atoms with Gasteiger partial charge in [-0.05, 0) is 60.2 Å². The third kappa shape index (κ3) is 2.53. The van der Waals surface area contributed by atoms with Crippen molar-refractivity contribution in [1.29, 1.82) is 0 Å². The molecule has 1 heterocycles. The molecule has 1 unspecified atom stereocenters. The van der Waals surface area contributed by atoms with Crippen molar-refractivity contribution < 1.29 is 9.53 Å². The van der Waals surface area contributed by atoms with Crippen molar-refractivity contribution >= 4 is 6.29 Å². The van der Waals surface area contributed by atoms with Crippen LogP contribution in [0, 0.1) is 6.92 Å². The summed E-state index contributed by atoms with van der Waals surface area (Å²) in [6.45, 7) is 4.79. The number of carbonyl (C=O) groups excluding carboxylic acids is 1. The first kappa shape index (κ1) is 14.8. The van der Waals surface area contributed by atoms with E-state index in [1.807, 2.05) is 19.1 Å². The van der Waals surface area contributed by atoms with E-state index in [9.17, 15) is 4.79 Å². The van der Waals surface area contributed by atoms with Gasteiger partial charge in [-0.1, -0.05) is 24.3 Å². The van der Waals surface area contributed by atoms with Crippen LogP contribution < -0.4 is 10.1 Å². The van der Waals surface area contributed by atoms with E-state index in [1.165, 1.54) is 22.3 Å². The minimum Gasteiger partial charge on any atom is -0.497 e. The molecule has 0 saturated carbocycles. The van der Waals surface area contributed by atoms with Crippen molar-refractivity contribution in [3.8, 4) is 5.75 Å². The smallest absolute Gasteiger partial charge is 0.144 e. The molecule has 22 heavy (non-hydrogen) atoms. The van der Waals surface area contributed by atoms with Gasteiger partial charge in [0.2, 0.25) is 0 Å². The summed E-state index contributed by atoms with van der Waals surface area (Å²) in [7, 11) is 1.68. The molecule has 3 heteroatoms. The van der Waals surface area contributed by atoms with Crippen LogP contribution in [0.2, 0.25) is 0 Å². The number of aryl methyl sites for hydroxylation is 1. The summed E-state index contributed by atoms with van der Waals surface area (Å²) in [4.78, 5) is 11.4. The molecule has 1 atom stereocenters. The van der Waals surface area contributed by atoms with Crippen molar-refractivity contribution in [3.05, 3.63) is 64.2 Å². The Labute approximate surface area is 131 Å². The van der Waals surface area contributed by atoms with Gasteiger partial charge in [-0.2, -0.15) is 0 Å². The first-order chi connectivity index (χ1) is 10.6. The second-order valence-corrected chi connectivity index (χ2v) is 6.15. The number of carbonyl (C=O) groups is 1. The fourth-order valence-electron chi connectivity index (χ4n) is 3.37. The number of hydrogen-bond donors (Lipinski definition) is 1. The molecule has 0 aromatic heterocycles. The zero-order valence-corrected chi connectivity index (χ0v) is 13.3. The van der Waals surface area contributed by atoms with Gasteiger partial charge in [0.25, 0.3) is 0 Å². The molecular formula is C19H21NO2. The Kier molecular flexibility index (Phi) is 3.75. The summed E-state index contributed by atoms with van der Waals surface area (Å²) >= 11 is 0. The number of methoxy groups -OCH3 is 1. The number of ether oxygens (including phenoxy) is 1. The maximum absolute atomic E-state index is 11.4. The molecule has 0 amide bonds. The van der Waals surface area contributed by atoms with E-state index in [0.29, 0.717) is 0 Å². The maximum Gasteiger partial charge on any atom is 0.144 e. The third-order valence-corrected chi connectivity index (χ3v) is 4.45. The normalized spacial score (nSPS) is 19.8. The summed E-state index contributed by atoms with van der Waals surface area (Å²) in [5, 5.41) is 3.31. The molecule has 2 aromatic rings. The summed E-state index contributed by atoms with van der Waals surface area (Å²) in [5.41, 5.74) is 5.54. The average Bonchev–Trinajstić information content (AvgIpc) is 2.86. The third-order valence-electron chi connectivity index (χ3n) is 4.45. The number of rotatable bonds is 4. The molecule has 0 aliphatic carbocycles. The van der Waals surface area contributed by atoms with E-state index in [0.717, 1.165) is 30.6 Å². The molecule has 3 rings (SSSR count). The molecule has 1 aliphatic rings. The van der Waals surface area contributed by atoms with Crippen molar-refractivity contribution in [1.82, 2.24) is 5.32 Å². The fourth-order valence-corrected chi connectivity index (χ4v) is 3.37. The topological polar surface area (TPSA) is 38.3 Å². The monoisotopic (exact) mass is 295 g/mol. The van der Waals surface area contributed by atoms with Gasteiger partial charge in [-0.3, -0.25) is 5.32 Å². The van der Waals surface area contributed by atoms with Gasteiger partial charge in [0.05, 0.1) is 12.6 Å². The van der Waals surface area contributed by atoms with Gasteiger partial charge in [-0.25, -0.2) is 0 Å². The first-order valence-corrected chi connectivity index (χ1v) is 7.53. The Balaban J connectivity index is 1.90. The van der Waals surface area contributed by atoms with Gasteiger partial charge in [0, 0.05) is 6.54 Å². The summed E-state index contributed by atoms with van der Waals surface area (Å²) < 4.78 is 5.19. The average molecular weight is 295 g/mol. The van der Waals surface area contributed by atoms with Gasteiger partial charge >= 0.3 is 0 Å². The Hall–Kier alpha value is -2.13. The fraction of sp³-hybridized carbons (Fsp3) is 0.316. The highest BCUT2D eigenvalue weighted by Crippen LogP contribution is 2.33. The predicted molar refractivity (Wildman–Crippen MR) is 87.2 cm³/mol. The lowest BCUT2D eigenvalue weighted by Crippen LogP contribution is -2.35. The second-order valence-electron chi connectivity index (χ2n) is 6.15. The number of benzene rings is 2. The summed E-state index contributed by atoms with van der Waals surface area (Å²) in [6.07, 6.45) is 1.89. The molecule has 0 saturated heterocycles. The van der Waals surface area contributed by atoms with E-state index in [1.54, 1.807) is 7.11 Å². The van der Waals surface area contributed by atoms with Crippen LogP contribution in [0.4, 0.5) is 0 Å². The van der Waals surface area contributed by atoms with Crippen LogP contribution in [0.25, 0.3) is 0 Å². The highest BCUT2D eigenvalue weighted by molar-refractivity contribution is 5.71. The molecule has 0 bridgehead atoms. The molecule has 0 fully saturated rings.